The molecule has 2 aromatic heterocycles. The van der Waals surface area contributed by atoms with E-state index in [2.05, 4.69) is 4.98 Å². The van der Waals surface area contributed by atoms with E-state index in [1.165, 1.54) is 12.1 Å². The van der Waals surface area contributed by atoms with E-state index < -0.39 is 11.7 Å². The first-order chi connectivity index (χ1) is 10.4. The maximum absolute atomic E-state index is 12.6. The van der Waals surface area contributed by atoms with Gasteiger partial charge in [-0.2, -0.15) is 17.6 Å². The van der Waals surface area contributed by atoms with Gasteiger partial charge in [-0.1, -0.05) is 12.1 Å². The van der Waals surface area contributed by atoms with E-state index in [9.17, 15) is 18.0 Å². The van der Waals surface area contributed by atoms with Crippen LogP contribution >= 0.6 is 0 Å². The molecule has 0 amide bonds. The van der Waals surface area contributed by atoms with Gasteiger partial charge in [0.15, 0.2) is 0 Å². The first-order valence-corrected chi connectivity index (χ1v) is 6.71. The van der Waals surface area contributed by atoms with Gasteiger partial charge in [0.1, 0.15) is 18.6 Å². The molecule has 0 unspecified atom stereocenters. The number of benzene rings is 1. The normalized spacial score (nSPS) is 12.0. The standard InChI is InChI=1S/C15H12F3N3O/c1-2-20-7-8-21-9-12(19-13(22)14(20)21)10-3-5-11(6-4-10)15(16,17)18/h3-9H,2H2,1H3/p+1. The Morgan fingerprint density at radius 3 is 2.50 bits per heavy atom. The van der Waals surface area contributed by atoms with Gasteiger partial charge in [0.05, 0.1) is 17.8 Å². The molecule has 0 saturated heterocycles. The van der Waals surface area contributed by atoms with E-state index in [0.717, 1.165) is 12.1 Å². The van der Waals surface area contributed by atoms with Crippen molar-refractivity contribution < 1.29 is 17.7 Å². The summed E-state index contributed by atoms with van der Waals surface area (Å²) in [5.41, 5.74) is 0.459. The highest BCUT2D eigenvalue weighted by Gasteiger charge is 2.30. The predicted molar refractivity (Wildman–Crippen MR) is 74.3 cm³/mol. The average molecular weight is 308 g/mol. The maximum Gasteiger partial charge on any atom is 0.416 e. The van der Waals surface area contributed by atoms with Crippen LogP contribution in [0.2, 0.25) is 0 Å². The summed E-state index contributed by atoms with van der Waals surface area (Å²) >= 11 is 0. The molecule has 1 N–H and O–H groups in total. The molecule has 2 heterocycles. The molecule has 22 heavy (non-hydrogen) atoms. The van der Waals surface area contributed by atoms with E-state index in [1.807, 2.05) is 6.92 Å². The van der Waals surface area contributed by atoms with Crippen molar-refractivity contribution in [2.75, 3.05) is 0 Å². The van der Waals surface area contributed by atoms with Crippen LogP contribution in [0.3, 0.4) is 0 Å². The van der Waals surface area contributed by atoms with Gasteiger partial charge in [-0.05, 0) is 19.1 Å². The monoisotopic (exact) mass is 308 g/mol. The number of hydrogen-bond acceptors (Lipinski definition) is 1. The second-order valence-electron chi connectivity index (χ2n) is 4.89. The van der Waals surface area contributed by atoms with Crippen LogP contribution in [0.1, 0.15) is 12.5 Å². The smallest absolute Gasteiger partial charge is 0.312 e. The number of halogens is 3. The second-order valence-corrected chi connectivity index (χ2v) is 4.89. The number of aromatic nitrogens is 3. The largest absolute Gasteiger partial charge is 0.416 e. The minimum absolute atomic E-state index is 0.288. The number of nitrogens with one attached hydrogen (secondary N) is 1. The molecule has 3 aromatic rings. The third kappa shape index (κ3) is 2.38. The van der Waals surface area contributed by atoms with E-state index in [4.69, 9.17) is 0 Å². The molecule has 0 aliphatic carbocycles. The van der Waals surface area contributed by atoms with Crippen LogP contribution in [-0.4, -0.2) is 9.38 Å². The van der Waals surface area contributed by atoms with Gasteiger partial charge in [-0.3, -0.25) is 4.79 Å². The van der Waals surface area contributed by atoms with Crippen molar-refractivity contribution in [1.29, 1.82) is 0 Å². The van der Waals surface area contributed by atoms with Gasteiger partial charge in [-0.25, -0.2) is 4.57 Å². The SMILES string of the molecule is CC[n+]1ccn2cc(-c3ccc(C(F)(F)F)cc3)[nH]c(=O)c21. The quantitative estimate of drug-likeness (QED) is 0.727. The van der Waals surface area contributed by atoms with E-state index in [1.54, 1.807) is 27.6 Å². The summed E-state index contributed by atoms with van der Waals surface area (Å²) in [5.74, 6) is 0. The molecule has 0 spiro atoms. The van der Waals surface area contributed by atoms with E-state index >= 15 is 0 Å². The van der Waals surface area contributed by atoms with Gasteiger partial charge in [0, 0.05) is 5.56 Å². The molecule has 0 fully saturated rings. The predicted octanol–water partition coefficient (Wildman–Crippen LogP) is 2.62. The minimum Gasteiger partial charge on any atom is -0.312 e. The summed E-state index contributed by atoms with van der Waals surface area (Å²) < 4.78 is 41.2. The molecule has 0 aliphatic heterocycles. The van der Waals surface area contributed by atoms with Crippen molar-refractivity contribution in [3.8, 4) is 11.3 Å². The van der Waals surface area contributed by atoms with Crippen LogP contribution in [0.4, 0.5) is 13.2 Å². The number of hydrogen-bond donors (Lipinski definition) is 1. The number of rotatable bonds is 2. The number of aromatic amines is 1. The Hall–Kier alpha value is -2.57. The van der Waals surface area contributed by atoms with Crippen molar-refractivity contribution in [3.63, 3.8) is 0 Å². The molecular formula is C15H13F3N3O+. The highest BCUT2D eigenvalue weighted by atomic mass is 19.4. The number of fused-ring (bicyclic) bond motifs is 1. The molecule has 4 nitrogen and oxygen atoms in total. The Balaban J connectivity index is 2.09. The molecule has 0 bridgehead atoms. The molecule has 0 saturated carbocycles. The third-order valence-electron chi connectivity index (χ3n) is 3.51. The Bertz CT molecular complexity index is 876. The molecule has 3 rings (SSSR count). The fourth-order valence-corrected chi connectivity index (χ4v) is 2.38. The number of H-pyrrole nitrogens is 1. The van der Waals surface area contributed by atoms with Crippen LogP contribution in [0.15, 0.2) is 47.7 Å². The molecule has 1 aromatic carbocycles. The van der Waals surface area contributed by atoms with Crippen LogP contribution in [0.25, 0.3) is 16.9 Å². The fourth-order valence-electron chi connectivity index (χ4n) is 2.38. The lowest BCUT2D eigenvalue weighted by molar-refractivity contribution is -0.667. The maximum atomic E-state index is 12.6. The van der Waals surface area contributed by atoms with Crippen molar-refractivity contribution in [2.45, 2.75) is 19.6 Å². The first kappa shape index (κ1) is 14.4. The lowest BCUT2D eigenvalue weighted by Crippen LogP contribution is -2.35. The van der Waals surface area contributed by atoms with Crippen LogP contribution < -0.4 is 10.1 Å². The summed E-state index contributed by atoms with van der Waals surface area (Å²) in [6.07, 6.45) is 0.831. The summed E-state index contributed by atoms with van der Waals surface area (Å²) in [6, 6.07) is 4.69. The Labute approximate surface area is 123 Å². The Kier molecular flexibility index (Phi) is 3.27. The van der Waals surface area contributed by atoms with Crippen molar-refractivity contribution in [1.82, 2.24) is 9.38 Å². The topological polar surface area (TPSA) is 41.1 Å². The van der Waals surface area contributed by atoms with Gasteiger partial charge in [0.25, 0.3) is 0 Å². The second kappa shape index (κ2) is 5.01. The summed E-state index contributed by atoms with van der Waals surface area (Å²) in [4.78, 5) is 14.9. The third-order valence-corrected chi connectivity index (χ3v) is 3.51. The molecule has 114 valence electrons. The number of alkyl halides is 3. The average Bonchev–Trinajstić information content (AvgIpc) is 2.90. The van der Waals surface area contributed by atoms with Gasteiger partial charge >= 0.3 is 17.4 Å². The van der Waals surface area contributed by atoms with Crippen molar-refractivity contribution >= 4 is 5.65 Å². The van der Waals surface area contributed by atoms with E-state index in [0.29, 0.717) is 23.4 Å². The van der Waals surface area contributed by atoms with Gasteiger partial charge in [-0.15, -0.1) is 0 Å². The van der Waals surface area contributed by atoms with Crippen LogP contribution in [-0.2, 0) is 12.7 Å². The Morgan fingerprint density at radius 2 is 1.91 bits per heavy atom. The van der Waals surface area contributed by atoms with Crippen molar-refractivity contribution in [2.24, 2.45) is 0 Å². The highest BCUT2D eigenvalue weighted by molar-refractivity contribution is 5.59. The highest BCUT2D eigenvalue weighted by Crippen LogP contribution is 2.30. The number of aryl methyl sites for hydroxylation is 1. The number of nitrogens with zero attached hydrogens (tertiary/aromatic N) is 2. The van der Waals surface area contributed by atoms with Gasteiger partial charge < -0.3 is 4.98 Å². The molecule has 0 radical (unpaired) electrons. The summed E-state index contributed by atoms with van der Waals surface area (Å²) in [6.45, 7) is 2.57. The molecular weight excluding hydrogens is 295 g/mol. The molecule has 7 heteroatoms. The lowest BCUT2D eigenvalue weighted by Gasteiger charge is -2.07. The zero-order valence-corrected chi connectivity index (χ0v) is 11.7. The summed E-state index contributed by atoms with van der Waals surface area (Å²) in [7, 11) is 0. The zero-order valence-electron chi connectivity index (χ0n) is 11.7. The lowest BCUT2D eigenvalue weighted by atomic mass is 10.1. The number of imidazole rings is 1. The summed E-state index contributed by atoms with van der Waals surface area (Å²) in [5, 5.41) is 0. The molecule has 0 aliphatic rings. The van der Waals surface area contributed by atoms with E-state index in [-0.39, 0.29) is 5.56 Å². The van der Waals surface area contributed by atoms with Crippen LogP contribution in [0.5, 0.6) is 0 Å². The fraction of sp³-hybridized carbons (Fsp3) is 0.200. The van der Waals surface area contributed by atoms with Crippen LogP contribution in [0, 0.1) is 0 Å². The molecule has 0 atom stereocenters. The van der Waals surface area contributed by atoms with Gasteiger partial charge in [0.2, 0.25) is 0 Å². The first-order valence-electron chi connectivity index (χ1n) is 6.71. The van der Waals surface area contributed by atoms with Crippen molar-refractivity contribution in [3.05, 3.63) is 58.8 Å². The zero-order chi connectivity index (χ0) is 15.9. The Morgan fingerprint density at radius 1 is 1.23 bits per heavy atom. The minimum atomic E-state index is -4.37.